The fourth-order valence-corrected chi connectivity index (χ4v) is 3.03. The van der Waals surface area contributed by atoms with Crippen LogP contribution in [0.25, 0.3) is 6.08 Å². The van der Waals surface area contributed by atoms with Crippen LogP contribution in [0.5, 0.6) is 11.5 Å². The Morgan fingerprint density at radius 2 is 1.92 bits per heavy atom. The lowest BCUT2D eigenvalue weighted by atomic mass is 9.85. The zero-order valence-electron chi connectivity index (χ0n) is 15.0. The lowest BCUT2D eigenvalue weighted by Crippen LogP contribution is -2.13. The number of aromatic hydroxyl groups is 1. The van der Waals surface area contributed by atoms with Gasteiger partial charge in [-0.3, -0.25) is 4.79 Å². The van der Waals surface area contributed by atoms with Gasteiger partial charge >= 0.3 is 0 Å². The molecule has 0 saturated heterocycles. The minimum absolute atomic E-state index is 0.0170. The fraction of sp³-hybridized carbons (Fsp3) is 0.250. The van der Waals surface area contributed by atoms with Crippen molar-refractivity contribution in [1.82, 2.24) is 0 Å². The first-order valence-electron chi connectivity index (χ1n) is 7.94. The summed E-state index contributed by atoms with van der Waals surface area (Å²) in [7, 11) is 1.59. The molecule has 0 spiro atoms. The average molecular weight is 418 g/mol. The van der Waals surface area contributed by atoms with Gasteiger partial charge < -0.3 is 9.84 Å². The van der Waals surface area contributed by atoms with Crippen LogP contribution in [-0.2, 0) is 5.41 Å². The molecule has 0 aromatic heterocycles. The molecule has 2 rings (SSSR count). The lowest BCUT2D eigenvalue weighted by Gasteiger charge is -2.23. The van der Waals surface area contributed by atoms with Crippen LogP contribution >= 0.6 is 15.9 Å². The normalized spacial score (nSPS) is 11.6. The molecule has 0 unspecified atom stereocenters. The third-order valence-electron chi connectivity index (χ3n) is 3.86. The number of benzene rings is 2. The van der Waals surface area contributed by atoms with E-state index in [0.717, 1.165) is 15.6 Å². The van der Waals surface area contributed by atoms with Crippen molar-refractivity contribution in [3.8, 4) is 11.5 Å². The molecular weight excluding hydrogens is 398 g/mol. The summed E-state index contributed by atoms with van der Waals surface area (Å²) in [6.07, 6.45) is 2.96. The van der Waals surface area contributed by atoms with E-state index in [1.54, 1.807) is 13.2 Å². The van der Waals surface area contributed by atoms with E-state index in [-0.39, 0.29) is 22.4 Å². The molecule has 6 heteroatoms. The first-order chi connectivity index (χ1) is 12.2. The molecule has 0 radical (unpaired) electrons. The number of carbonyl (C=O) groups is 1. The van der Waals surface area contributed by atoms with Crippen molar-refractivity contribution in [2.24, 2.45) is 5.18 Å². The van der Waals surface area contributed by atoms with E-state index in [1.165, 1.54) is 24.3 Å². The molecule has 0 bridgehead atoms. The standard InChI is InChI=1S/C20H20BrNO4/c1-20(2,3)16-10-13(21)9-12(19(16)26-4)5-7-17(23)15-11-14(22-25)6-8-18(15)24/h5-11,24H,1-4H3/b7-5+. The van der Waals surface area contributed by atoms with Crippen LogP contribution in [0, 0.1) is 4.91 Å². The summed E-state index contributed by atoms with van der Waals surface area (Å²) < 4.78 is 6.43. The topological polar surface area (TPSA) is 76.0 Å². The number of hydrogen-bond acceptors (Lipinski definition) is 5. The third kappa shape index (κ3) is 4.38. The van der Waals surface area contributed by atoms with Gasteiger partial charge in [0.1, 0.15) is 17.2 Å². The van der Waals surface area contributed by atoms with Crippen molar-refractivity contribution < 1.29 is 14.6 Å². The van der Waals surface area contributed by atoms with E-state index in [0.29, 0.717) is 5.75 Å². The largest absolute Gasteiger partial charge is 0.507 e. The van der Waals surface area contributed by atoms with Gasteiger partial charge in [0, 0.05) is 15.6 Å². The third-order valence-corrected chi connectivity index (χ3v) is 4.32. The highest BCUT2D eigenvalue weighted by Crippen LogP contribution is 2.37. The van der Waals surface area contributed by atoms with Gasteiger partial charge in [-0.1, -0.05) is 36.7 Å². The van der Waals surface area contributed by atoms with E-state index in [2.05, 4.69) is 41.9 Å². The lowest BCUT2D eigenvalue weighted by molar-refractivity contribution is 0.104. The van der Waals surface area contributed by atoms with Gasteiger partial charge in [-0.2, -0.15) is 0 Å². The van der Waals surface area contributed by atoms with Gasteiger partial charge in [-0.05, 0) is 53.1 Å². The van der Waals surface area contributed by atoms with E-state index in [1.807, 2.05) is 12.1 Å². The Kier molecular flexibility index (Phi) is 5.97. The number of nitrogens with zero attached hydrogens (tertiary/aromatic N) is 1. The number of allylic oxidation sites excluding steroid dienone is 1. The second-order valence-electron chi connectivity index (χ2n) is 6.82. The summed E-state index contributed by atoms with van der Waals surface area (Å²) in [6, 6.07) is 7.71. The number of hydrogen-bond donors (Lipinski definition) is 1. The highest BCUT2D eigenvalue weighted by atomic mass is 79.9. The van der Waals surface area contributed by atoms with Crippen molar-refractivity contribution in [3.63, 3.8) is 0 Å². The van der Waals surface area contributed by atoms with E-state index in [9.17, 15) is 14.8 Å². The molecule has 5 nitrogen and oxygen atoms in total. The number of carbonyl (C=O) groups excluding carboxylic acids is 1. The number of rotatable bonds is 5. The Balaban J connectivity index is 2.46. The highest BCUT2D eigenvalue weighted by molar-refractivity contribution is 9.10. The Bertz CT molecular complexity index is 882. The Morgan fingerprint density at radius 1 is 1.23 bits per heavy atom. The number of ketones is 1. The Hall–Kier alpha value is -2.47. The monoisotopic (exact) mass is 417 g/mol. The summed E-state index contributed by atoms with van der Waals surface area (Å²) in [6.45, 7) is 6.23. The zero-order valence-corrected chi connectivity index (χ0v) is 16.6. The van der Waals surface area contributed by atoms with Crippen molar-refractivity contribution in [2.75, 3.05) is 7.11 Å². The van der Waals surface area contributed by atoms with Crippen LogP contribution in [0.15, 0.2) is 46.1 Å². The quantitative estimate of drug-likeness (QED) is 0.381. The predicted octanol–water partition coefficient (Wildman–Crippen LogP) is 5.75. The summed E-state index contributed by atoms with van der Waals surface area (Å²) >= 11 is 3.49. The van der Waals surface area contributed by atoms with Gasteiger partial charge in [0.15, 0.2) is 5.78 Å². The summed E-state index contributed by atoms with van der Waals surface area (Å²) in [5.74, 6) is 0.0354. The summed E-state index contributed by atoms with van der Waals surface area (Å²) in [4.78, 5) is 23.1. The van der Waals surface area contributed by atoms with E-state index >= 15 is 0 Å². The van der Waals surface area contributed by atoms with Gasteiger partial charge in [0.2, 0.25) is 0 Å². The van der Waals surface area contributed by atoms with Crippen LogP contribution in [0.3, 0.4) is 0 Å². The average Bonchev–Trinajstić information content (AvgIpc) is 2.58. The van der Waals surface area contributed by atoms with Gasteiger partial charge in [-0.25, -0.2) is 0 Å². The molecule has 0 aliphatic rings. The van der Waals surface area contributed by atoms with Crippen LogP contribution in [0.1, 0.15) is 42.3 Å². The van der Waals surface area contributed by atoms with Crippen molar-refractivity contribution >= 4 is 33.5 Å². The Labute approximate surface area is 160 Å². The van der Waals surface area contributed by atoms with Gasteiger partial charge in [0.05, 0.1) is 12.7 Å². The minimum atomic E-state index is -0.438. The summed E-state index contributed by atoms with van der Waals surface area (Å²) in [5.41, 5.74) is 1.67. The fourth-order valence-electron chi connectivity index (χ4n) is 2.56. The predicted molar refractivity (Wildman–Crippen MR) is 106 cm³/mol. The number of halogens is 1. The maximum absolute atomic E-state index is 12.4. The van der Waals surface area contributed by atoms with Crippen LogP contribution in [-0.4, -0.2) is 18.0 Å². The molecule has 0 heterocycles. The van der Waals surface area contributed by atoms with E-state index in [4.69, 9.17) is 4.74 Å². The molecule has 1 N–H and O–H groups in total. The molecule has 0 fully saturated rings. The maximum Gasteiger partial charge on any atom is 0.189 e. The van der Waals surface area contributed by atoms with E-state index < -0.39 is 5.78 Å². The molecule has 2 aromatic carbocycles. The molecule has 2 aromatic rings. The number of phenols is 1. The number of phenolic OH excluding ortho intramolecular Hbond substituents is 1. The van der Waals surface area contributed by atoms with Gasteiger partial charge in [-0.15, -0.1) is 4.91 Å². The number of nitroso groups, excluding NO2 is 1. The zero-order chi connectivity index (χ0) is 19.5. The number of methoxy groups -OCH3 is 1. The van der Waals surface area contributed by atoms with Crippen LogP contribution in [0.2, 0.25) is 0 Å². The minimum Gasteiger partial charge on any atom is -0.507 e. The van der Waals surface area contributed by atoms with Crippen LogP contribution < -0.4 is 4.74 Å². The van der Waals surface area contributed by atoms with Crippen molar-refractivity contribution in [3.05, 3.63) is 62.5 Å². The first kappa shape index (κ1) is 19.8. The van der Waals surface area contributed by atoms with Crippen molar-refractivity contribution in [2.45, 2.75) is 26.2 Å². The second-order valence-corrected chi connectivity index (χ2v) is 7.73. The Morgan fingerprint density at radius 3 is 2.50 bits per heavy atom. The maximum atomic E-state index is 12.4. The SMILES string of the molecule is COc1c(/C=C/C(=O)c2cc(N=O)ccc2O)cc(Br)cc1C(C)(C)C. The van der Waals surface area contributed by atoms with Gasteiger partial charge in [0.25, 0.3) is 0 Å². The second kappa shape index (κ2) is 7.83. The molecule has 0 amide bonds. The molecule has 0 saturated carbocycles. The molecule has 26 heavy (non-hydrogen) atoms. The highest BCUT2D eigenvalue weighted by Gasteiger charge is 2.21. The first-order valence-corrected chi connectivity index (χ1v) is 8.73. The van der Waals surface area contributed by atoms with Crippen LogP contribution in [0.4, 0.5) is 5.69 Å². The molecule has 0 aliphatic heterocycles. The smallest absolute Gasteiger partial charge is 0.189 e. The molecule has 136 valence electrons. The van der Waals surface area contributed by atoms with Crippen molar-refractivity contribution in [1.29, 1.82) is 0 Å². The molecule has 0 atom stereocenters. The number of ether oxygens (including phenoxy) is 1. The molecule has 0 aliphatic carbocycles. The molecular formula is C20H20BrNO4. The summed E-state index contributed by atoms with van der Waals surface area (Å²) in [5, 5.41) is 12.7.